The normalized spacial score (nSPS) is 12.0. The van der Waals surface area contributed by atoms with Crippen molar-refractivity contribution < 1.29 is 13.6 Å². The summed E-state index contributed by atoms with van der Waals surface area (Å²) in [6.45, 7) is 0.0688. The van der Waals surface area contributed by atoms with Crippen LogP contribution in [0.1, 0.15) is 21.3 Å². The third-order valence-corrected chi connectivity index (χ3v) is 3.70. The van der Waals surface area contributed by atoms with Crippen LogP contribution in [0.4, 0.5) is 8.78 Å². The number of hydrogen-bond donors (Lipinski definition) is 1. The lowest BCUT2D eigenvalue weighted by Crippen LogP contribution is -2.28. The summed E-state index contributed by atoms with van der Waals surface area (Å²) in [6.07, 6.45) is 0. The summed E-state index contributed by atoms with van der Waals surface area (Å²) in [7, 11) is 0. The Bertz CT molecular complexity index is 628. The van der Waals surface area contributed by atoms with Gasteiger partial charge in [0.25, 0.3) is 5.91 Å². The molecule has 0 fully saturated rings. The van der Waals surface area contributed by atoms with E-state index in [-0.39, 0.29) is 11.0 Å². The third kappa shape index (κ3) is 4.02. The van der Waals surface area contributed by atoms with Crippen LogP contribution in [-0.2, 0) is 0 Å². The molecule has 21 heavy (non-hydrogen) atoms. The summed E-state index contributed by atoms with van der Waals surface area (Å²) < 4.78 is 27.5. The number of amides is 1. The van der Waals surface area contributed by atoms with Gasteiger partial charge in [-0.2, -0.15) is 0 Å². The van der Waals surface area contributed by atoms with E-state index >= 15 is 0 Å². The zero-order valence-electron chi connectivity index (χ0n) is 10.7. The average Bonchev–Trinajstić information content (AvgIpc) is 2.44. The van der Waals surface area contributed by atoms with Gasteiger partial charge in [-0.15, -0.1) is 11.6 Å². The summed E-state index contributed by atoms with van der Waals surface area (Å²) in [4.78, 5) is 11.9. The largest absolute Gasteiger partial charge is 0.350 e. The van der Waals surface area contributed by atoms with E-state index in [1.165, 1.54) is 0 Å². The Morgan fingerprint density at radius 3 is 2.33 bits per heavy atom. The monoisotopic (exact) mass is 373 g/mol. The number of carbonyl (C=O) groups is 1. The molecule has 0 aliphatic heterocycles. The van der Waals surface area contributed by atoms with E-state index in [1.54, 1.807) is 0 Å². The van der Waals surface area contributed by atoms with Crippen molar-refractivity contribution in [1.29, 1.82) is 0 Å². The highest BCUT2D eigenvalue weighted by Gasteiger charge is 2.19. The van der Waals surface area contributed by atoms with Crippen molar-refractivity contribution in [3.8, 4) is 0 Å². The minimum Gasteiger partial charge on any atom is -0.350 e. The Balaban J connectivity index is 2.06. The van der Waals surface area contributed by atoms with Gasteiger partial charge in [-0.05, 0) is 17.7 Å². The molecule has 1 unspecified atom stereocenters. The Morgan fingerprint density at radius 1 is 1.19 bits per heavy atom. The molecule has 0 heterocycles. The van der Waals surface area contributed by atoms with E-state index in [9.17, 15) is 13.6 Å². The van der Waals surface area contributed by atoms with Crippen LogP contribution in [0.25, 0.3) is 0 Å². The first-order valence-electron chi connectivity index (χ1n) is 6.11. The fourth-order valence-electron chi connectivity index (χ4n) is 1.81. The van der Waals surface area contributed by atoms with Crippen molar-refractivity contribution in [3.05, 3.63) is 69.7 Å². The fourth-order valence-corrected chi connectivity index (χ4v) is 2.43. The van der Waals surface area contributed by atoms with Crippen LogP contribution in [0.5, 0.6) is 0 Å². The van der Waals surface area contributed by atoms with E-state index in [0.717, 1.165) is 17.7 Å². The molecule has 0 saturated carbocycles. The van der Waals surface area contributed by atoms with E-state index in [1.807, 2.05) is 30.3 Å². The Kier molecular flexibility index (Phi) is 5.31. The molecule has 2 aromatic carbocycles. The summed E-state index contributed by atoms with van der Waals surface area (Å²) >= 11 is 9.09. The number of nitrogens with one attached hydrogen (secondary N) is 1. The van der Waals surface area contributed by atoms with Crippen molar-refractivity contribution in [2.24, 2.45) is 0 Å². The number of halogens is 4. The van der Waals surface area contributed by atoms with Crippen LogP contribution < -0.4 is 5.32 Å². The van der Waals surface area contributed by atoms with Gasteiger partial charge in [0.15, 0.2) is 0 Å². The highest BCUT2D eigenvalue weighted by atomic mass is 79.9. The Labute approximate surface area is 134 Å². The number of hydrogen-bond acceptors (Lipinski definition) is 1. The molecule has 0 radical (unpaired) electrons. The lowest BCUT2D eigenvalue weighted by molar-refractivity contribution is 0.0945. The maximum Gasteiger partial charge on any atom is 0.257 e. The van der Waals surface area contributed by atoms with Crippen LogP contribution in [-0.4, -0.2) is 12.5 Å². The molecule has 0 spiro atoms. The first-order valence-corrected chi connectivity index (χ1v) is 7.33. The van der Waals surface area contributed by atoms with Gasteiger partial charge in [-0.1, -0.05) is 46.3 Å². The van der Waals surface area contributed by atoms with Crippen molar-refractivity contribution >= 4 is 33.4 Å². The van der Waals surface area contributed by atoms with Gasteiger partial charge < -0.3 is 5.32 Å². The number of alkyl halides is 1. The summed E-state index contributed by atoms with van der Waals surface area (Å²) in [6, 6.07) is 11.2. The molecule has 2 rings (SSSR count). The number of rotatable bonds is 4. The quantitative estimate of drug-likeness (QED) is 0.788. The van der Waals surface area contributed by atoms with Gasteiger partial charge in [0.2, 0.25) is 0 Å². The standard InChI is InChI=1S/C15H11BrClF2NO/c16-10-6-12(18)14(13(19)7-10)15(21)20-8-11(17)9-4-2-1-3-5-9/h1-7,11H,8H2,(H,20,21). The molecular formula is C15H11BrClF2NO. The van der Waals surface area contributed by atoms with E-state index in [2.05, 4.69) is 21.2 Å². The van der Waals surface area contributed by atoms with Gasteiger partial charge in [0, 0.05) is 11.0 Å². The van der Waals surface area contributed by atoms with Crippen LogP contribution in [0.2, 0.25) is 0 Å². The van der Waals surface area contributed by atoms with Crippen LogP contribution >= 0.6 is 27.5 Å². The molecule has 0 saturated heterocycles. The lowest BCUT2D eigenvalue weighted by atomic mass is 10.1. The molecule has 0 bridgehead atoms. The summed E-state index contributed by atoms with van der Waals surface area (Å²) in [5.41, 5.74) is 0.200. The maximum atomic E-state index is 13.6. The molecule has 110 valence electrons. The van der Waals surface area contributed by atoms with Crippen molar-refractivity contribution in [2.45, 2.75) is 5.38 Å². The number of carbonyl (C=O) groups excluding carboxylic acids is 1. The van der Waals surface area contributed by atoms with Crippen LogP contribution in [0.3, 0.4) is 0 Å². The molecule has 2 nitrogen and oxygen atoms in total. The highest BCUT2D eigenvalue weighted by molar-refractivity contribution is 9.10. The predicted octanol–water partition coefficient (Wildman–Crippen LogP) is 4.44. The zero-order chi connectivity index (χ0) is 15.4. The van der Waals surface area contributed by atoms with Gasteiger partial charge in [0.1, 0.15) is 17.2 Å². The molecule has 6 heteroatoms. The smallest absolute Gasteiger partial charge is 0.257 e. The summed E-state index contributed by atoms with van der Waals surface area (Å²) in [5.74, 6) is -2.69. The second kappa shape index (κ2) is 7.00. The molecule has 1 N–H and O–H groups in total. The van der Waals surface area contributed by atoms with Gasteiger partial charge in [-0.25, -0.2) is 8.78 Å². The minimum absolute atomic E-state index is 0.0688. The molecule has 2 aromatic rings. The Hall–Kier alpha value is -1.46. The molecule has 0 aromatic heterocycles. The summed E-state index contributed by atoms with van der Waals surface area (Å²) in [5, 5.41) is 1.96. The fraction of sp³-hybridized carbons (Fsp3) is 0.133. The molecular weight excluding hydrogens is 364 g/mol. The van der Waals surface area contributed by atoms with Crippen molar-refractivity contribution in [1.82, 2.24) is 5.32 Å². The molecule has 1 atom stereocenters. The number of benzene rings is 2. The third-order valence-electron chi connectivity index (χ3n) is 2.84. The topological polar surface area (TPSA) is 29.1 Å². The molecule has 0 aliphatic carbocycles. The Morgan fingerprint density at radius 2 is 1.76 bits per heavy atom. The molecule has 1 amide bonds. The average molecular weight is 375 g/mol. The second-order valence-electron chi connectivity index (χ2n) is 4.33. The van der Waals surface area contributed by atoms with Crippen LogP contribution in [0.15, 0.2) is 46.9 Å². The zero-order valence-corrected chi connectivity index (χ0v) is 13.1. The van der Waals surface area contributed by atoms with Gasteiger partial charge in [0.05, 0.1) is 5.38 Å². The van der Waals surface area contributed by atoms with Crippen molar-refractivity contribution in [3.63, 3.8) is 0 Å². The highest BCUT2D eigenvalue weighted by Crippen LogP contribution is 2.21. The first kappa shape index (κ1) is 15.9. The van der Waals surface area contributed by atoms with Crippen LogP contribution in [0, 0.1) is 11.6 Å². The lowest BCUT2D eigenvalue weighted by Gasteiger charge is -2.12. The van der Waals surface area contributed by atoms with Gasteiger partial charge in [-0.3, -0.25) is 4.79 Å². The van der Waals surface area contributed by atoms with Gasteiger partial charge >= 0.3 is 0 Å². The van der Waals surface area contributed by atoms with E-state index in [4.69, 9.17) is 11.6 Å². The predicted molar refractivity (Wildman–Crippen MR) is 81.4 cm³/mol. The van der Waals surface area contributed by atoms with Crippen molar-refractivity contribution in [2.75, 3.05) is 6.54 Å². The maximum absolute atomic E-state index is 13.6. The SMILES string of the molecule is O=C(NCC(Cl)c1ccccc1)c1c(F)cc(Br)cc1F. The van der Waals surface area contributed by atoms with E-state index in [0.29, 0.717) is 0 Å². The molecule has 0 aliphatic rings. The first-order chi connectivity index (χ1) is 9.99. The minimum atomic E-state index is -0.926. The van der Waals surface area contributed by atoms with E-state index < -0.39 is 28.5 Å². The second-order valence-corrected chi connectivity index (χ2v) is 5.78.